The van der Waals surface area contributed by atoms with Crippen molar-refractivity contribution < 1.29 is 17.9 Å². The lowest BCUT2D eigenvalue weighted by Gasteiger charge is -2.34. The largest absolute Gasteiger partial charge is 0.376 e. The molecule has 5 rings (SSSR count). The van der Waals surface area contributed by atoms with Crippen molar-refractivity contribution in [1.82, 2.24) is 13.8 Å². The van der Waals surface area contributed by atoms with Gasteiger partial charge in [-0.1, -0.05) is 26.0 Å². The van der Waals surface area contributed by atoms with Gasteiger partial charge in [0.05, 0.1) is 16.5 Å². The molecule has 4 atom stereocenters. The Morgan fingerprint density at radius 1 is 1.10 bits per heavy atom. The van der Waals surface area contributed by atoms with Crippen molar-refractivity contribution in [1.29, 1.82) is 0 Å². The Hall–Kier alpha value is -2.49. The molecular weight excluding hydrogens is 526 g/mol. The zero-order valence-corrected chi connectivity index (χ0v) is 24.9. The fourth-order valence-electron chi connectivity index (χ4n) is 6.68. The number of benzene rings is 1. The van der Waals surface area contributed by atoms with Gasteiger partial charge in [-0.2, -0.15) is 4.31 Å². The Kier molecular flexibility index (Phi) is 8.83. The smallest absolute Gasteiger partial charge is 0.259 e. The van der Waals surface area contributed by atoms with Gasteiger partial charge in [-0.15, -0.1) is 0 Å². The van der Waals surface area contributed by atoms with E-state index in [0.717, 1.165) is 38.5 Å². The summed E-state index contributed by atoms with van der Waals surface area (Å²) in [4.78, 5) is 29.9. The van der Waals surface area contributed by atoms with Gasteiger partial charge in [-0.05, 0) is 81.4 Å². The standard InChI is InChI=1S/C31H43N3O5S/c1-4-32-21-28(31(36)33(20-25-11-8-14-39-25)19-24-9-6-5-7-10-24)30(35)27-16-26(12-13-29(27)32)40(37,38)34-17-22(2)15-23(3)18-34/h5-6,12-13,16,21-25H,4,7-11,14-15,17-20H2,1-3H3/t22-,23+,24-,25+/m1/s1. The second-order valence-electron chi connectivity index (χ2n) is 12.1. The molecule has 1 aromatic heterocycles. The number of amides is 1. The van der Waals surface area contributed by atoms with E-state index in [9.17, 15) is 18.0 Å². The van der Waals surface area contributed by atoms with E-state index in [1.807, 2.05) is 11.5 Å². The molecule has 2 fully saturated rings. The molecular formula is C31H43N3O5S. The van der Waals surface area contributed by atoms with Gasteiger partial charge in [0.2, 0.25) is 15.5 Å². The molecule has 40 heavy (non-hydrogen) atoms. The Morgan fingerprint density at radius 3 is 2.52 bits per heavy atom. The average molecular weight is 570 g/mol. The Bertz CT molecular complexity index is 1420. The minimum atomic E-state index is -3.77. The van der Waals surface area contributed by atoms with Gasteiger partial charge in [0.15, 0.2) is 0 Å². The van der Waals surface area contributed by atoms with Crippen LogP contribution in [-0.2, 0) is 21.3 Å². The number of hydrogen-bond acceptors (Lipinski definition) is 5. The average Bonchev–Trinajstić information content (AvgIpc) is 3.46. The van der Waals surface area contributed by atoms with E-state index >= 15 is 0 Å². The zero-order valence-electron chi connectivity index (χ0n) is 24.0. The van der Waals surface area contributed by atoms with E-state index in [1.165, 1.54) is 6.07 Å². The Balaban J connectivity index is 1.52. The molecule has 2 aliphatic heterocycles. The molecule has 3 aliphatic rings. The van der Waals surface area contributed by atoms with Gasteiger partial charge in [0.1, 0.15) is 5.56 Å². The van der Waals surface area contributed by atoms with E-state index in [4.69, 9.17) is 4.74 Å². The monoisotopic (exact) mass is 569 g/mol. The maximum atomic E-state index is 14.1. The van der Waals surface area contributed by atoms with Crippen LogP contribution in [0.15, 0.2) is 46.2 Å². The molecule has 2 aromatic rings. The molecule has 1 amide bonds. The number of allylic oxidation sites excluding steroid dienone is 2. The fraction of sp³-hybridized carbons (Fsp3) is 0.613. The minimum Gasteiger partial charge on any atom is -0.376 e. The number of rotatable bonds is 8. The van der Waals surface area contributed by atoms with Crippen LogP contribution in [0.2, 0.25) is 0 Å². The lowest BCUT2D eigenvalue weighted by atomic mass is 9.93. The number of hydrogen-bond donors (Lipinski definition) is 0. The molecule has 1 aliphatic carbocycles. The van der Waals surface area contributed by atoms with Crippen LogP contribution in [0.1, 0.15) is 69.7 Å². The molecule has 0 bridgehead atoms. The van der Waals surface area contributed by atoms with Gasteiger partial charge >= 0.3 is 0 Å². The Labute approximate surface area is 238 Å². The number of pyridine rings is 1. The number of fused-ring (bicyclic) bond motifs is 1. The summed E-state index contributed by atoms with van der Waals surface area (Å²) in [6, 6.07) is 4.78. The number of ether oxygens (including phenoxy) is 1. The highest BCUT2D eigenvalue weighted by Crippen LogP contribution is 2.28. The van der Waals surface area contributed by atoms with Crippen molar-refractivity contribution in [2.24, 2.45) is 17.8 Å². The molecule has 0 N–H and O–H groups in total. The van der Waals surface area contributed by atoms with Crippen LogP contribution in [0.3, 0.4) is 0 Å². The number of aryl methyl sites for hydroxylation is 1. The second-order valence-corrected chi connectivity index (χ2v) is 14.0. The first-order chi connectivity index (χ1) is 19.2. The quantitative estimate of drug-likeness (QED) is 0.432. The molecule has 0 radical (unpaired) electrons. The molecule has 9 heteroatoms. The van der Waals surface area contributed by atoms with Crippen molar-refractivity contribution >= 4 is 26.8 Å². The summed E-state index contributed by atoms with van der Waals surface area (Å²) in [6.45, 7) is 9.32. The molecule has 1 aromatic carbocycles. The summed E-state index contributed by atoms with van der Waals surface area (Å²) in [5.74, 6) is 0.589. The van der Waals surface area contributed by atoms with Gasteiger partial charge in [0.25, 0.3) is 5.91 Å². The molecule has 0 unspecified atom stereocenters. The highest BCUT2D eigenvalue weighted by Gasteiger charge is 2.33. The molecule has 0 saturated carbocycles. The van der Waals surface area contributed by atoms with Crippen molar-refractivity contribution in [3.63, 3.8) is 0 Å². The summed E-state index contributed by atoms with van der Waals surface area (Å²) in [5, 5.41) is 0.268. The predicted octanol–water partition coefficient (Wildman–Crippen LogP) is 4.67. The van der Waals surface area contributed by atoms with Crippen LogP contribution in [-0.4, -0.2) is 67.0 Å². The van der Waals surface area contributed by atoms with Crippen molar-refractivity contribution in [3.8, 4) is 0 Å². The molecule has 8 nitrogen and oxygen atoms in total. The predicted molar refractivity (Wildman–Crippen MR) is 157 cm³/mol. The third kappa shape index (κ3) is 6.06. The number of nitrogens with zero attached hydrogens (tertiary/aromatic N) is 3. The van der Waals surface area contributed by atoms with E-state index in [-0.39, 0.29) is 39.7 Å². The summed E-state index contributed by atoms with van der Waals surface area (Å²) in [6.07, 6.45) is 11.8. The lowest BCUT2D eigenvalue weighted by molar-refractivity contribution is 0.0482. The lowest BCUT2D eigenvalue weighted by Crippen LogP contribution is -2.43. The molecule has 2 saturated heterocycles. The topological polar surface area (TPSA) is 88.9 Å². The second kappa shape index (κ2) is 12.2. The zero-order chi connectivity index (χ0) is 28.4. The number of sulfonamides is 1. The van der Waals surface area contributed by atoms with Crippen LogP contribution >= 0.6 is 0 Å². The number of aromatic nitrogens is 1. The summed E-state index contributed by atoms with van der Waals surface area (Å²) in [7, 11) is -3.77. The van der Waals surface area contributed by atoms with Gasteiger partial charge in [0, 0.05) is 50.9 Å². The highest BCUT2D eigenvalue weighted by atomic mass is 32.2. The van der Waals surface area contributed by atoms with Gasteiger partial charge < -0.3 is 14.2 Å². The summed E-state index contributed by atoms with van der Waals surface area (Å²) in [5.41, 5.74) is 0.308. The summed E-state index contributed by atoms with van der Waals surface area (Å²) >= 11 is 0. The first-order valence-electron chi connectivity index (χ1n) is 14.9. The SMILES string of the molecule is CCn1cc(C(=O)N(C[C@@H]2CC=CCC2)C[C@@H]2CCCO2)c(=O)c2cc(S(=O)(=O)N3C[C@H](C)C[C@H](C)C3)ccc21. The van der Waals surface area contributed by atoms with E-state index < -0.39 is 15.5 Å². The third-order valence-electron chi connectivity index (χ3n) is 8.69. The van der Waals surface area contributed by atoms with Crippen LogP contribution in [0.4, 0.5) is 0 Å². The Morgan fingerprint density at radius 2 is 1.88 bits per heavy atom. The van der Waals surface area contributed by atoms with Crippen molar-refractivity contribution in [3.05, 3.63) is 52.3 Å². The van der Waals surface area contributed by atoms with Crippen LogP contribution in [0.5, 0.6) is 0 Å². The highest BCUT2D eigenvalue weighted by molar-refractivity contribution is 7.89. The van der Waals surface area contributed by atoms with E-state index in [2.05, 4.69) is 26.0 Å². The minimum absolute atomic E-state index is 0.0250. The third-order valence-corrected chi connectivity index (χ3v) is 10.5. The normalized spacial score (nSPS) is 25.9. The number of carbonyl (C=O) groups is 1. The number of carbonyl (C=O) groups excluding carboxylic acids is 1. The fourth-order valence-corrected chi connectivity index (χ4v) is 8.39. The molecule has 0 spiro atoms. The number of piperidine rings is 1. The van der Waals surface area contributed by atoms with Crippen LogP contribution < -0.4 is 5.43 Å². The van der Waals surface area contributed by atoms with Gasteiger partial charge in [-0.3, -0.25) is 9.59 Å². The van der Waals surface area contributed by atoms with Crippen LogP contribution in [0, 0.1) is 17.8 Å². The first kappa shape index (κ1) is 29.0. The molecule has 218 valence electrons. The molecule has 3 heterocycles. The summed E-state index contributed by atoms with van der Waals surface area (Å²) < 4.78 is 36.6. The maximum Gasteiger partial charge on any atom is 0.259 e. The first-order valence-corrected chi connectivity index (χ1v) is 16.3. The maximum absolute atomic E-state index is 14.1. The van der Waals surface area contributed by atoms with Crippen molar-refractivity contribution in [2.45, 2.75) is 76.8 Å². The van der Waals surface area contributed by atoms with E-state index in [0.29, 0.717) is 50.8 Å². The van der Waals surface area contributed by atoms with Crippen molar-refractivity contribution in [2.75, 3.05) is 32.8 Å². The van der Waals surface area contributed by atoms with Crippen LogP contribution in [0.25, 0.3) is 10.9 Å². The van der Waals surface area contributed by atoms with E-state index in [1.54, 1.807) is 27.5 Å². The van der Waals surface area contributed by atoms with Gasteiger partial charge in [-0.25, -0.2) is 8.42 Å².